The van der Waals surface area contributed by atoms with Gasteiger partial charge in [-0.3, -0.25) is 14.4 Å². The van der Waals surface area contributed by atoms with Crippen molar-refractivity contribution in [2.24, 2.45) is 0 Å². The first kappa shape index (κ1) is 14.8. The Balaban J connectivity index is 1.86. The zero-order valence-electron chi connectivity index (χ0n) is 13.8. The molecule has 0 radical (unpaired) electrons. The monoisotopic (exact) mass is 321 g/mol. The van der Waals surface area contributed by atoms with Crippen LogP contribution in [0.2, 0.25) is 0 Å². The minimum absolute atomic E-state index is 0.791. The quantitative estimate of drug-likeness (QED) is 0.568. The number of rotatable bonds is 5. The summed E-state index contributed by atoms with van der Waals surface area (Å²) >= 11 is 0. The van der Waals surface area contributed by atoms with E-state index in [0.29, 0.717) is 0 Å². The summed E-state index contributed by atoms with van der Waals surface area (Å²) in [5, 5.41) is 4.60. The van der Waals surface area contributed by atoms with Crippen LogP contribution in [0.5, 0.6) is 0 Å². The van der Waals surface area contributed by atoms with Gasteiger partial charge in [-0.05, 0) is 33.1 Å². The van der Waals surface area contributed by atoms with Crippen molar-refractivity contribution in [3.8, 4) is 0 Å². The van der Waals surface area contributed by atoms with E-state index in [2.05, 4.69) is 34.3 Å². The molecular weight excluding hydrogens is 302 g/mol. The molecule has 0 spiro atoms. The first-order valence-electron chi connectivity index (χ1n) is 7.98. The van der Waals surface area contributed by atoms with Crippen LogP contribution in [-0.4, -0.2) is 56.4 Å². The van der Waals surface area contributed by atoms with Gasteiger partial charge in [0.2, 0.25) is 0 Å². The lowest BCUT2D eigenvalue weighted by molar-refractivity contribution is 0.405. The van der Waals surface area contributed by atoms with Crippen molar-refractivity contribution in [3.05, 3.63) is 37.1 Å². The Bertz CT molecular complexity index is 1010. The summed E-state index contributed by atoms with van der Waals surface area (Å²) in [6.07, 6.45) is 10.0. The van der Waals surface area contributed by atoms with Gasteiger partial charge in [0.25, 0.3) is 0 Å². The predicted molar refractivity (Wildman–Crippen MR) is 95.2 cm³/mol. The van der Waals surface area contributed by atoms with Crippen LogP contribution in [0.15, 0.2) is 37.1 Å². The van der Waals surface area contributed by atoms with E-state index in [1.807, 2.05) is 16.7 Å². The van der Waals surface area contributed by atoms with Crippen LogP contribution in [0, 0.1) is 0 Å². The maximum atomic E-state index is 4.74. The summed E-state index contributed by atoms with van der Waals surface area (Å²) in [5.74, 6) is 0. The molecule has 1 N–H and O–H groups in total. The lowest BCUT2D eigenvalue weighted by Crippen LogP contribution is -2.16. The lowest BCUT2D eigenvalue weighted by Gasteiger charge is -2.12. The van der Waals surface area contributed by atoms with E-state index < -0.39 is 0 Å². The predicted octanol–water partition coefficient (Wildman–Crippen LogP) is 2.19. The first-order chi connectivity index (χ1) is 11.7. The van der Waals surface area contributed by atoms with E-state index in [4.69, 9.17) is 9.97 Å². The molecule has 24 heavy (non-hydrogen) atoms. The SMILES string of the molecule is CN(C)CCCNc1c2ccncc2nc2c1nc1cnccn12. The molecule has 0 amide bonds. The van der Waals surface area contributed by atoms with Gasteiger partial charge in [0.15, 0.2) is 11.3 Å². The highest BCUT2D eigenvalue weighted by Crippen LogP contribution is 2.30. The standard InChI is InChI=1S/C17H19N7/c1-23(2)8-3-5-20-15-12-4-6-18-10-13(12)21-17-16(15)22-14-11-19-7-9-24(14)17/h4,6-7,9-11H,3,5,8H2,1-2H3,(H,20,21). The Labute approximate surface area is 139 Å². The molecule has 4 rings (SSSR count). The number of imidazole rings is 1. The summed E-state index contributed by atoms with van der Waals surface area (Å²) in [6, 6.07) is 1.98. The molecule has 0 aromatic carbocycles. The molecule has 4 heterocycles. The van der Waals surface area contributed by atoms with E-state index in [-0.39, 0.29) is 0 Å². The summed E-state index contributed by atoms with van der Waals surface area (Å²) in [5.41, 5.74) is 4.35. The number of fused-ring (bicyclic) bond motifs is 4. The van der Waals surface area contributed by atoms with E-state index in [9.17, 15) is 0 Å². The number of hydrogen-bond acceptors (Lipinski definition) is 6. The maximum Gasteiger partial charge on any atom is 0.167 e. The number of nitrogens with zero attached hydrogens (tertiary/aromatic N) is 6. The molecule has 0 saturated carbocycles. The molecule has 4 aromatic rings. The third-order valence-electron chi connectivity index (χ3n) is 4.02. The molecule has 0 bridgehead atoms. The number of pyridine rings is 2. The fraction of sp³-hybridized carbons (Fsp3) is 0.294. The van der Waals surface area contributed by atoms with Gasteiger partial charge in [0.1, 0.15) is 5.52 Å². The Kier molecular flexibility index (Phi) is 3.70. The molecule has 0 saturated heterocycles. The lowest BCUT2D eigenvalue weighted by atomic mass is 10.2. The summed E-state index contributed by atoms with van der Waals surface area (Å²) in [6.45, 7) is 1.91. The second-order valence-corrected chi connectivity index (χ2v) is 6.05. The van der Waals surface area contributed by atoms with Crippen LogP contribution in [-0.2, 0) is 0 Å². The first-order valence-corrected chi connectivity index (χ1v) is 7.98. The largest absolute Gasteiger partial charge is 0.383 e. The van der Waals surface area contributed by atoms with Gasteiger partial charge < -0.3 is 10.2 Å². The molecule has 0 aliphatic carbocycles. The highest BCUT2D eigenvalue weighted by molar-refractivity contribution is 6.05. The van der Waals surface area contributed by atoms with Gasteiger partial charge in [-0.25, -0.2) is 9.97 Å². The Morgan fingerprint density at radius 1 is 1.12 bits per heavy atom. The average Bonchev–Trinajstić information content (AvgIpc) is 2.96. The Morgan fingerprint density at radius 3 is 2.88 bits per heavy atom. The van der Waals surface area contributed by atoms with Gasteiger partial charge in [-0.15, -0.1) is 0 Å². The van der Waals surface area contributed by atoms with Crippen LogP contribution in [0.4, 0.5) is 5.69 Å². The molecule has 0 fully saturated rings. The van der Waals surface area contributed by atoms with Crippen LogP contribution in [0.1, 0.15) is 6.42 Å². The molecule has 4 aromatic heterocycles. The average molecular weight is 321 g/mol. The summed E-state index contributed by atoms with van der Waals surface area (Å²) in [7, 11) is 4.17. The molecule has 7 nitrogen and oxygen atoms in total. The Hall–Kier alpha value is -2.80. The zero-order valence-corrected chi connectivity index (χ0v) is 13.8. The number of aromatic nitrogens is 5. The second-order valence-electron chi connectivity index (χ2n) is 6.05. The van der Waals surface area contributed by atoms with Crippen molar-refractivity contribution < 1.29 is 0 Å². The Morgan fingerprint density at radius 2 is 2.00 bits per heavy atom. The van der Waals surface area contributed by atoms with Crippen molar-refractivity contribution in [1.82, 2.24) is 29.2 Å². The van der Waals surface area contributed by atoms with Gasteiger partial charge in [0, 0.05) is 30.5 Å². The number of hydrogen-bond donors (Lipinski definition) is 1. The maximum absolute atomic E-state index is 4.74. The van der Waals surface area contributed by atoms with Gasteiger partial charge in [-0.1, -0.05) is 0 Å². The molecular formula is C17H19N7. The highest BCUT2D eigenvalue weighted by Gasteiger charge is 2.14. The van der Waals surface area contributed by atoms with Crippen molar-refractivity contribution in [1.29, 1.82) is 0 Å². The third-order valence-corrected chi connectivity index (χ3v) is 4.02. The van der Waals surface area contributed by atoms with Crippen LogP contribution in [0.25, 0.3) is 27.7 Å². The van der Waals surface area contributed by atoms with E-state index >= 15 is 0 Å². The van der Waals surface area contributed by atoms with Crippen LogP contribution < -0.4 is 5.32 Å². The van der Waals surface area contributed by atoms with Crippen molar-refractivity contribution in [3.63, 3.8) is 0 Å². The van der Waals surface area contributed by atoms with Crippen molar-refractivity contribution in [2.45, 2.75) is 6.42 Å². The number of nitrogens with one attached hydrogen (secondary N) is 1. The zero-order chi connectivity index (χ0) is 16.5. The van der Waals surface area contributed by atoms with Crippen molar-refractivity contribution in [2.75, 3.05) is 32.5 Å². The van der Waals surface area contributed by atoms with E-state index in [1.54, 1.807) is 24.8 Å². The molecule has 7 heteroatoms. The van der Waals surface area contributed by atoms with Gasteiger partial charge >= 0.3 is 0 Å². The molecule has 0 aliphatic rings. The molecule has 0 aliphatic heterocycles. The van der Waals surface area contributed by atoms with Crippen LogP contribution >= 0.6 is 0 Å². The van der Waals surface area contributed by atoms with Crippen molar-refractivity contribution >= 4 is 33.4 Å². The normalized spacial score (nSPS) is 11.8. The molecule has 0 atom stereocenters. The smallest absolute Gasteiger partial charge is 0.167 e. The van der Waals surface area contributed by atoms with Gasteiger partial charge in [-0.2, -0.15) is 0 Å². The number of anilines is 1. The minimum atomic E-state index is 0.791. The molecule has 0 unspecified atom stereocenters. The topological polar surface area (TPSA) is 71.2 Å². The van der Waals surface area contributed by atoms with Crippen LogP contribution in [0.3, 0.4) is 0 Å². The highest BCUT2D eigenvalue weighted by atomic mass is 15.1. The second kappa shape index (κ2) is 6.01. The fourth-order valence-electron chi connectivity index (χ4n) is 2.88. The fourth-order valence-corrected chi connectivity index (χ4v) is 2.88. The van der Waals surface area contributed by atoms with E-state index in [1.165, 1.54) is 0 Å². The third kappa shape index (κ3) is 2.52. The summed E-state index contributed by atoms with van der Waals surface area (Å²) < 4.78 is 1.96. The van der Waals surface area contributed by atoms with E-state index in [0.717, 1.165) is 52.9 Å². The minimum Gasteiger partial charge on any atom is -0.383 e. The van der Waals surface area contributed by atoms with Gasteiger partial charge in [0.05, 0.1) is 23.6 Å². The summed E-state index contributed by atoms with van der Waals surface area (Å²) in [4.78, 5) is 20.0. The molecule has 122 valence electrons.